The Bertz CT molecular complexity index is 4980. The highest BCUT2D eigenvalue weighted by atomic mass is 33.1. The van der Waals surface area contributed by atoms with Crippen molar-refractivity contribution in [3.63, 3.8) is 0 Å². The van der Waals surface area contributed by atoms with Gasteiger partial charge in [0.15, 0.2) is 11.2 Å². The predicted molar refractivity (Wildman–Crippen MR) is 369 cm³/mol. The highest BCUT2D eigenvalue weighted by Crippen LogP contribution is 2.49. The molecule has 0 spiro atoms. The molecule has 0 unspecified atom stereocenters. The Hall–Kier alpha value is -9.12. The fourth-order valence-electron chi connectivity index (χ4n) is 13.9. The van der Waals surface area contributed by atoms with Gasteiger partial charge in [-0.1, -0.05) is 76.6 Å². The number of pyridine rings is 5. The first-order valence-electron chi connectivity index (χ1n) is 31.9. The molecule has 27 heteroatoms. The van der Waals surface area contributed by atoms with Gasteiger partial charge >= 0.3 is 24.1 Å². The number of nitrogens with zero attached hydrogens (tertiary/aromatic N) is 5. The van der Waals surface area contributed by atoms with Crippen LogP contribution >= 0.6 is 43.2 Å². The summed E-state index contributed by atoms with van der Waals surface area (Å²) in [6, 6.07) is 26.4. The molecule has 2 amide bonds. The number of aliphatic hydroxyl groups is 2. The molecule has 4 atom stereocenters. The number of halogens is 2. The fourth-order valence-corrected chi connectivity index (χ4v) is 17.1. The van der Waals surface area contributed by atoms with Crippen molar-refractivity contribution in [2.45, 2.75) is 151 Å². The van der Waals surface area contributed by atoms with Crippen LogP contribution in [0.4, 0.5) is 18.4 Å². The number of carbonyl (C=O) groups excluding carboxylic acids is 4. The number of hydrogen-bond donors (Lipinski definition) is 5. The second-order valence-electron chi connectivity index (χ2n) is 24.6. The Labute approximate surface area is 580 Å². The zero-order chi connectivity index (χ0) is 69.9. The van der Waals surface area contributed by atoms with Crippen LogP contribution in [0, 0.1) is 25.5 Å². The number of carboxylic acid groups (broad SMARTS) is 1. The van der Waals surface area contributed by atoms with Crippen molar-refractivity contribution >= 4 is 95.1 Å². The van der Waals surface area contributed by atoms with E-state index in [1.165, 1.54) is 12.1 Å². The van der Waals surface area contributed by atoms with Crippen LogP contribution in [-0.4, -0.2) is 75.8 Å². The molecule has 0 fully saturated rings. The van der Waals surface area contributed by atoms with Crippen molar-refractivity contribution in [1.82, 2.24) is 34.7 Å². The molecule has 0 saturated heterocycles. The number of aryl methyl sites for hydroxylation is 2. The summed E-state index contributed by atoms with van der Waals surface area (Å²) < 4.78 is 55.1. The zero-order valence-electron chi connectivity index (χ0n) is 54.3. The Morgan fingerprint density at radius 1 is 0.626 bits per heavy atom. The maximum atomic E-state index is 15.2. The lowest BCUT2D eigenvalue weighted by atomic mass is 9.81. The highest BCUT2D eigenvalue weighted by Gasteiger charge is 2.48. The summed E-state index contributed by atoms with van der Waals surface area (Å²) in [4.78, 5) is 104. The molecule has 5 aromatic heterocycles. The minimum atomic E-state index is -1.97. The van der Waals surface area contributed by atoms with E-state index >= 15 is 8.78 Å². The first-order chi connectivity index (χ1) is 47.5. The molecule has 5 N–H and O–H groups in total. The number of fused-ring (bicyclic) bond motifs is 10. The predicted octanol–water partition coefficient (Wildman–Crippen LogP) is 12.5. The van der Waals surface area contributed by atoms with Crippen LogP contribution in [-0.2, 0) is 96.9 Å². The molecule has 99 heavy (non-hydrogen) atoms. The van der Waals surface area contributed by atoms with Crippen LogP contribution in [0.2, 0.25) is 0 Å². The van der Waals surface area contributed by atoms with Crippen molar-refractivity contribution in [2.24, 2.45) is 0 Å². The van der Waals surface area contributed by atoms with E-state index in [9.17, 15) is 39.0 Å². The topological polar surface area (TPSA) is 290 Å². The molecule has 21 nitrogen and oxygen atoms in total. The number of aromatic nitrogens is 5. The molecule has 9 heterocycles. The van der Waals surface area contributed by atoms with Gasteiger partial charge in [0.2, 0.25) is 0 Å². The maximum absolute atomic E-state index is 15.2. The number of aliphatic carboxylic acids is 1. The molecule has 2 aliphatic carbocycles. The van der Waals surface area contributed by atoms with Crippen molar-refractivity contribution in [3.8, 4) is 22.8 Å². The van der Waals surface area contributed by atoms with Crippen molar-refractivity contribution in [2.75, 3.05) is 6.26 Å². The van der Waals surface area contributed by atoms with Crippen LogP contribution in [0.1, 0.15) is 136 Å². The van der Waals surface area contributed by atoms with Gasteiger partial charge in [-0.15, -0.1) is 0 Å². The molecule has 0 bridgehead atoms. The number of carboxylic acids is 1. The maximum Gasteiger partial charge on any atom is 0.407 e. The van der Waals surface area contributed by atoms with Gasteiger partial charge in [0, 0.05) is 68.1 Å². The monoisotopic (exact) mass is 1420 g/mol. The van der Waals surface area contributed by atoms with Gasteiger partial charge in [-0.3, -0.25) is 14.4 Å². The molecule has 6 aliphatic rings. The number of amides is 2. The van der Waals surface area contributed by atoms with E-state index in [2.05, 4.69) is 15.6 Å². The van der Waals surface area contributed by atoms with Gasteiger partial charge in [-0.25, -0.2) is 42.9 Å². The van der Waals surface area contributed by atoms with Crippen LogP contribution < -0.4 is 21.8 Å². The lowest BCUT2D eigenvalue weighted by Crippen LogP contribution is -2.44. The van der Waals surface area contributed by atoms with E-state index in [1.807, 2.05) is 73.0 Å². The van der Waals surface area contributed by atoms with Gasteiger partial charge in [0.25, 0.3) is 17.1 Å². The van der Waals surface area contributed by atoms with E-state index in [1.54, 1.807) is 98.3 Å². The summed E-state index contributed by atoms with van der Waals surface area (Å²) in [6.07, 6.45) is 4.63. The Kier molecular flexibility index (Phi) is 19.0. The average molecular weight is 1420 g/mol. The van der Waals surface area contributed by atoms with Gasteiger partial charge < -0.3 is 54.0 Å². The fraction of sp³-hybridized carbons (Fsp3) is 0.306. The number of ether oxygens (including phenoxy) is 4. The van der Waals surface area contributed by atoms with Gasteiger partial charge in [0.1, 0.15) is 43.1 Å². The normalized spacial score (nSPS) is 18.5. The van der Waals surface area contributed by atoms with Crippen LogP contribution in [0.3, 0.4) is 0 Å². The molecule has 0 radical (unpaired) electrons. The third-order valence-corrected chi connectivity index (χ3v) is 23.0. The minimum absolute atomic E-state index is 0.0150. The van der Waals surface area contributed by atoms with Gasteiger partial charge in [0.05, 0.1) is 70.1 Å². The van der Waals surface area contributed by atoms with E-state index in [0.29, 0.717) is 70.6 Å². The van der Waals surface area contributed by atoms with Crippen LogP contribution in [0.25, 0.3) is 44.6 Å². The Morgan fingerprint density at radius 2 is 1.06 bits per heavy atom. The highest BCUT2D eigenvalue weighted by molar-refractivity contribution is 8.76. The van der Waals surface area contributed by atoms with Gasteiger partial charge in [-0.05, 0) is 162 Å². The summed E-state index contributed by atoms with van der Waals surface area (Å²) in [7, 11) is 6.45. The van der Waals surface area contributed by atoms with Crippen LogP contribution in [0.15, 0.2) is 122 Å². The minimum Gasteiger partial charge on any atom is -0.481 e. The standard InChI is InChI=1S/C37H31FN4O6S2.C33H30FN3O6S2.C2H4O2/c1-3-37(46)25-14-29-33-23(16-42(29)34(43)24(25)18-47-35(37)44)32-27(12-11-22-19(2)26(38)15-28(40-33)31(22)32)41-36(45)48-17-20-7-9-21(10-8-20)49-50-30-6-4-5-13-39-30;1-4-33(41)22-11-26-29-20(13-37(26)30(38)21(22)15-42-31(33)39)28-24(10-9-19-16(2)23(34)12-25(35-29)27(19)28)36-32(40)43-14-17-5-7-18(8-6-17)45-44-3;1-2(3)4/h4-10,13-15,27,46H,3,11-12,16-18H2,1-2H3,(H,41,45);5-8,11-12,24,41H,4,9-10,13-15H2,1-3H3,(H,36,40);1H3,(H,3,4)/t27-,37-;24-,33-;/m00./s1. The summed E-state index contributed by atoms with van der Waals surface area (Å²) >= 11 is 0. The van der Waals surface area contributed by atoms with Gasteiger partial charge in [-0.2, -0.15) is 0 Å². The molecule has 4 aliphatic heterocycles. The number of nitrogens with one attached hydrogen (secondary N) is 2. The van der Waals surface area contributed by atoms with E-state index < -0.39 is 58.9 Å². The number of benzene rings is 4. The van der Waals surface area contributed by atoms with Crippen molar-refractivity contribution in [1.29, 1.82) is 0 Å². The lowest BCUT2D eigenvalue weighted by Gasteiger charge is -2.31. The summed E-state index contributed by atoms with van der Waals surface area (Å²) in [6.45, 7) is 7.84. The van der Waals surface area contributed by atoms with E-state index in [-0.39, 0.29) is 91.8 Å². The molecule has 0 saturated carbocycles. The van der Waals surface area contributed by atoms with Crippen molar-refractivity contribution in [3.05, 3.63) is 207 Å². The smallest absolute Gasteiger partial charge is 0.407 e. The summed E-state index contributed by atoms with van der Waals surface area (Å²) in [5.74, 6) is -3.22. The number of alkyl carbamates (subject to hydrolysis) is 2. The molecule has 15 rings (SSSR count). The first-order valence-corrected chi connectivity index (χ1v) is 36.6. The average Bonchev–Trinajstić information content (AvgIpc) is 1.58. The number of carbonyl (C=O) groups is 5. The summed E-state index contributed by atoms with van der Waals surface area (Å²) in [5, 5.41) is 38.4. The van der Waals surface area contributed by atoms with E-state index in [0.717, 1.165) is 77.0 Å². The second-order valence-corrected chi connectivity index (χ2v) is 29.3. The molecule has 510 valence electrons. The van der Waals surface area contributed by atoms with Crippen LogP contribution in [0.5, 0.6) is 0 Å². The number of cyclic esters (lactones) is 2. The summed E-state index contributed by atoms with van der Waals surface area (Å²) in [5.41, 5.74) is 6.02. The molecular weight excluding hydrogens is 1350 g/mol. The first kappa shape index (κ1) is 68.4. The third-order valence-electron chi connectivity index (χ3n) is 19.0. The molecule has 4 aromatic carbocycles. The Balaban J connectivity index is 0.000000170. The number of hydrogen-bond acceptors (Lipinski definition) is 20. The number of esters is 2. The lowest BCUT2D eigenvalue weighted by molar-refractivity contribution is -0.172. The second kappa shape index (κ2) is 27.5. The van der Waals surface area contributed by atoms with Crippen molar-refractivity contribution < 1.29 is 67.0 Å². The number of rotatable bonds is 13. The SMILES string of the molecule is CC(=O)O.CC[C@@]1(O)C(=O)OCc2c1cc1n(c2=O)Cc2c-1nc1cc(F)c(C)c3c1c2[C@@H](NC(=O)OCc1ccc(SSC)cc1)CC3.CC[C@@]1(O)C(=O)OCc2c1cc1n(c2=O)Cc2c-1nc1cc(F)c(C)c3c1c2[C@@H](NC(=O)OCc1ccc(SSc2ccccn2)cc1)CC3. The molecular formula is C72H65F2N7O14S4. The zero-order valence-corrected chi connectivity index (χ0v) is 57.6. The van der Waals surface area contributed by atoms with E-state index in [4.69, 9.17) is 38.8 Å². The third kappa shape index (κ3) is 12.6. The quantitative estimate of drug-likeness (QED) is 0.0407. The largest absolute Gasteiger partial charge is 0.481 e. The Morgan fingerprint density at radius 3 is 1.46 bits per heavy atom. The molecule has 9 aromatic rings.